The van der Waals surface area contributed by atoms with Gasteiger partial charge in [-0.25, -0.2) is 0 Å². The first kappa shape index (κ1) is 7.88. The summed E-state index contributed by atoms with van der Waals surface area (Å²) >= 11 is 1.47. The fourth-order valence-electron chi connectivity index (χ4n) is 0.852. The average molecular weight is 161 g/mol. The van der Waals surface area contributed by atoms with Crippen molar-refractivity contribution in [2.75, 3.05) is 26.0 Å². The first-order valence-corrected chi connectivity index (χ1v) is 4.45. The number of hydrogen-bond donors (Lipinski definition) is 0. The zero-order valence-corrected chi connectivity index (χ0v) is 6.82. The molecule has 4 heteroatoms. The Balaban J connectivity index is 2.43. The van der Waals surface area contributed by atoms with Gasteiger partial charge in [-0.05, 0) is 0 Å². The summed E-state index contributed by atoms with van der Waals surface area (Å²) in [6.45, 7) is 1.97. The van der Waals surface area contributed by atoms with Gasteiger partial charge in [0.25, 0.3) is 0 Å². The van der Waals surface area contributed by atoms with Gasteiger partial charge in [0.05, 0.1) is 26.2 Å². The van der Waals surface area contributed by atoms with Crippen LogP contribution >= 0.6 is 11.9 Å². The van der Waals surface area contributed by atoms with Crippen molar-refractivity contribution >= 4 is 17.9 Å². The van der Waals surface area contributed by atoms with Crippen LogP contribution in [0.3, 0.4) is 0 Å². The number of amides is 1. The van der Waals surface area contributed by atoms with Crippen molar-refractivity contribution in [2.45, 2.75) is 6.42 Å². The molecule has 10 heavy (non-hydrogen) atoms. The molecule has 1 aliphatic rings. The maximum atomic E-state index is 11.1. The lowest BCUT2D eigenvalue weighted by Crippen LogP contribution is -2.24. The highest BCUT2D eigenvalue weighted by Gasteiger charge is 2.14. The van der Waals surface area contributed by atoms with Crippen LogP contribution in [0.15, 0.2) is 0 Å². The summed E-state index contributed by atoms with van der Waals surface area (Å²) in [7, 11) is 0. The van der Waals surface area contributed by atoms with Crippen molar-refractivity contribution in [2.24, 2.45) is 0 Å². The van der Waals surface area contributed by atoms with Crippen LogP contribution in [-0.4, -0.2) is 36.2 Å². The standard InChI is InChI=1S/C6H11NO2S/c1-10-7-3-5-9-4-2-6(7)8/h2-5H2,1H3. The molecular formula is C6H11NO2S. The van der Waals surface area contributed by atoms with E-state index in [0.29, 0.717) is 19.6 Å². The molecule has 0 spiro atoms. The number of carbonyl (C=O) groups excluding carboxylic acids is 1. The summed E-state index contributed by atoms with van der Waals surface area (Å²) < 4.78 is 6.86. The molecule has 3 nitrogen and oxygen atoms in total. The third-order valence-corrected chi connectivity index (χ3v) is 2.22. The lowest BCUT2D eigenvalue weighted by molar-refractivity contribution is -0.125. The molecule has 0 aromatic rings. The van der Waals surface area contributed by atoms with Gasteiger partial charge in [0.15, 0.2) is 0 Å². The Bertz CT molecular complexity index is 129. The van der Waals surface area contributed by atoms with E-state index in [1.165, 1.54) is 11.9 Å². The molecule has 0 radical (unpaired) electrons. The molecular weight excluding hydrogens is 150 g/mol. The predicted molar refractivity (Wildman–Crippen MR) is 40.7 cm³/mol. The van der Waals surface area contributed by atoms with Gasteiger partial charge in [-0.15, -0.1) is 0 Å². The largest absolute Gasteiger partial charge is 0.379 e. The van der Waals surface area contributed by atoms with Crippen LogP contribution in [0, 0.1) is 0 Å². The molecule has 1 amide bonds. The first-order valence-electron chi connectivity index (χ1n) is 3.27. The Morgan fingerprint density at radius 1 is 1.60 bits per heavy atom. The smallest absolute Gasteiger partial charge is 0.234 e. The molecule has 0 N–H and O–H groups in total. The van der Waals surface area contributed by atoms with Gasteiger partial charge in [0.1, 0.15) is 0 Å². The second-order valence-electron chi connectivity index (χ2n) is 2.04. The molecule has 0 atom stereocenters. The molecule has 1 heterocycles. The molecule has 1 saturated heterocycles. The molecule has 0 aromatic carbocycles. The fourth-order valence-corrected chi connectivity index (χ4v) is 1.40. The minimum absolute atomic E-state index is 0.185. The molecule has 1 rings (SSSR count). The second kappa shape index (κ2) is 3.83. The third-order valence-electron chi connectivity index (χ3n) is 1.40. The Labute approximate surface area is 64.9 Å². The summed E-state index contributed by atoms with van der Waals surface area (Å²) in [5.74, 6) is 0.185. The van der Waals surface area contributed by atoms with Crippen molar-refractivity contribution in [3.05, 3.63) is 0 Å². The van der Waals surface area contributed by atoms with E-state index in [2.05, 4.69) is 0 Å². The maximum Gasteiger partial charge on any atom is 0.234 e. The number of carbonyl (C=O) groups is 1. The van der Waals surface area contributed by atoms with Crippen molar-refractivity contribution < 1.29 is 9.53 Å². The Morgan fingerprint density at radius 2 is 2.40 bits per heavy atom. The topological polar surface area (TPSA) is 29.5 Å². The van der Waals surface area contributed by atoms with E-state index >= 15 is 0 Å². The maximum absolute atomic E-state index is 11.1. The molecule has 0 saturated carbocycles. The summed E-state index contributed by atoms with van der Waals surface area (Å²) in [6, 6.07) is 0. The molecule has 0 unspecified atom stereocenters. The van der Waals surface area contributed by atoms with Crippen LogP contribution in [0.2, 0.25) is 0 Å². The first-order chi connectivity index (χ1) is 4.84. The molecule has 1 aliphatic heterocycles. The molecule has 58 valence electrons. The molecule has 0 bridgehead atoms. The summed E-state index contributed by atoms with van der Waals surface area (Å²) in [4.78, 5) is 11.1. The summed E-state index contributed by atoms with van der Waals surface area (Å²) in [6.07, 6.45) is 2.43. The van der Waals surface area contributed by atoms with Crippen LogP contribution in [0.4, 0.5) is 0 Å². The Hall–Kier alpha value is -0.220. The van der Waals surface area contributed by atoms with Crippen molar-refractivity contribution in [1.82, 2.24) is 4.31 Å². The van der Waals surface area contributed by atoms with E-state index in [-0.39, 0.29) is 5.91 Å². The van der Waals surface area contributed by atoms with Crippen LogP contribution in [0.1, 0.15) is 6.42 Å². The van der Waals surface area contributed by atoms with Crippen LogP contribution < -0.4 is 0 Å². The van der Waals surface area contributed by atoms with Crippen molar-refractivity contribution in [3.63, 3.8) is 0 Å². The van der Waals surface area contributed by atoms with E-state index in [9.17, 15) is 4.79 Å². The zero-order chi connectivity index (χ0) is 7.40. The molecule has 0 aromatic heterocycles. The minimum Gasteiger partial charge on any atom is -0.379 e. The molecule has 0 aliphatic carbocycles. The number of nitrogens with zero attached hydrogens (tertiary/aromatic N) is 1. The van der Waals surface area contributed by atoms with Gasteiger partial charge >= 0.3 is 0 Å². The monoisotopic (exact) mass is 161 g/mol. The highest BCUT2D eigenvalue weighted by atomic mass is 32.2. The third kappa shape index (κ3) is 1.88. The average Bonchev–Trinajstić information content (AvgIpc) is 2.13. The van der Waals surface area contributed by atoms with Gasteiger partial charge in [0, 0.05) is 6.26 Å². The van der Waals surface area contributed by atoms with Gasteiger partial charge in [-0.2, -0.15) is 0 Å². The van der Waals surface area contributed by atoms with Gasteiger partial charge in [-0.1, -0.05) is 11.9 Å². The van der Waals surface area contributed by atoms with E-state index in [1.54, 1.807) is 4.31 Å². The Kier molecular flexibility index (Phi) is 3.02. The van der Waals surface area contributed by atoms with Crippen LogP contribution in [-0.2, 0) is 9.53 Å². The van der Waals surface area contributed by atoms with E-state index in [4.69, 9.17) is 4.74 Å². The fraction of sp³-hybridized carbons (Fsp3) is 0.833. The SMILES string of the molecule is CSN1CCOCCC1=O. The normalized spacial score (nSPS) is 20.9. The highest BCUT2D eigenvalue weighted by Crippen LogP contribution is 2.09. The van der Waals surface area contributed by atoms with E-state index in [0.717, 1.165) is 6.54 Å². The van der Waals surface area contributed by atoms with E-state index in [1.807, 2.05) is 6.26 Å². The molecule has 1 fully saturated rings. The minimum atomic E-state index is 0.185. The van der Waals surface area contributed by atoms with Crippen LogP contribution in [0.25, 0.3) is 0 Å². The second-order valence-corrected chi connectivity index (χ2v) is 2.85. The zero-order valence-electron chi connectivity index (χ0n) is 6.00. The van der Waals surface area contributed by atoms with Gasteiger partial charge < -0.3 is 4.74 Å². The van der Waals surface area contributed by atoms with Crippen LogP contribution in [0.5, 0.6) is 0 Å². The quantitative estimate of drug-likeness (QED) is 0.525. The lowest BCUT2D eigenvalue weighted by atomic mass is 10.4. The predicted octanol–water partition coefficient (Wildman–Crippen LogP) is 0.513. The van der Waals surface area contributed by atoms with Gasteiger partial charge in [0.2, 0.25) is 5.91 Å². The lowest BCUT2D eigenvalue weighted by Gasteiger charge is -2.14. The van der Waals surface area contributed by atoms with Gasteiger partial charge in [-0.3, -0.25) is 9.10 Å². The summed E-state index contributed by atoms with van der Waals surface area (Å²) in [5, 5.41) is 0. The highest BCUT2D eigenvalue weighted by molar-refractivity contribution is 7.96. The van der Waals surface area contributed by atoms with E-state index < -0.39 is 0 Å². The Morgan fingerprint density at radius 3 is 3.10 bits per heavy atom. The summed E-state index contributed by atoms with van der Waals surface area (Å²) in [5.41, 5.74) is 0. The number of hydrogen-bond acceptors (Lipinski definition) is 3. The number of ether oxygens (including phenoxy) is 1. The number of rotatable bonds is 1. The van der Waals surface area contributed by atoms with Crippen molar-refractivity contribution in [1.29, 1.82) is 0 Å². The van der Waals surface area contributed by atoms with Crippen molar-refractivity contribution in [3.8, 4) is 0 Å².